The van der Waals surface area contributed by atoms with Gasteiger partial charge in [-0.2, -0.15) is 11.8 Å². The third-order valence-electron chi connectivity index (χ3n) is 3.94. The molecule has 100 valence electrons. The lowest BCUT2D eigenvalue weighted by molar-refractivity contribution is 0.232. The maximum atomic E-state index is 6.26. The van der Waals surface area contributed by atoms with E-state index >= 15 is 0 Å². The highest BCUT2D eigenvalue weighted by Gasteiger charge is 2.33. The zero-order valence-electron chi connectivity index (χ0n) is 11.4. The van der Waals surface area contributed by atoms with Crippen molar-refractivity contribution < 1.29 is 0 Å². The Morgan fingerprint density at radius 3 is 2.78 bits per heavy atom. The molecule has 0 bridgehead atoms. The van der Waals surface area contributed by atoms with Crippen LogP contribution in [0, 0.1) is 5.41 Å². The molecular formula is C15H22ClNS. The van der Waals surface area contributed by atoms with Crippen LogP contribution in [0.5, 0.6) is 0 Å². The van der Waals surface area contributed by atoms with Crippen LogP contribution in [0.3, 0.4) is 0 Å². The highest BCUT2D eigenvalue weighted by molar-refractivity contribution is 7.99. The van der Waals surface area contributed by atoms with Crippen molar-refractivity contribution in [1.29, 1.82) is 0 Å². The molecule has 1 aromatic carbocycles. The van der Waals surface area contributed by atoms with E-state index in [-0.39, 0.29) is 0 Å². The van der Waals surface area contributed by atoms with Gasteiger partial charge < -0.3 is 5.32 Å². The molecule has 1 aliphatic rings. The van der Waals surface area contributed by atoms with Crippen LogP contribution >= 0.6 is 23.4 Å². The molecule has 1 saturated heterocycles. The van der Waals surface area contributed by atoms with Gasteiger partial charge in [0.15, 0.2) is 0 Å². The minimum Gasteiger partial charge on any atom is -0.306 e. The Balaban J connectivity index is 2.07. The molecule has 1 fully saturated rings. The van der Waals surface area contributed by atoms with Crippen molar-refractivity contribution in [3.8, 4) is 0 Å². The summed E-state index contributed by atoms with van der Waals surface area (Å²) in [6.07, 6.45) is 1.28. The van der Waals surface area contributed by atoms with Gasteiger partial charge in [-0.25, -0.2) is 0 Å². The molecule has 1 unspecified atom stereocenters. The SMILES string of the molecule is C[C@H](NC1CSCCC1(C)C)c1ccccc1Cl. The largest absolute Gasteiger partial charge is 0.306 e. The molecule has 2 rings (SSSR count). The number of thioether (sulfide) groups is 1. The van der Waals surface area contributed by atoms with Crippen molar-refractivity contribution in [2.75, 3.05) is 11.5 Å². The van der Waals surface area contributed by atoms with Crippen LogP contribution in [0.25, 0.3) is 0 Å². The Bertz CT molecular complexity index is 405. The molecule has 0 saturated carbocycles. The van der Waals surface area contributed by atoms with E-state index < -0.39 is 0 Å². The molecule has 1 N–H and O–H groups in total. The maximum absolute atomic E-state index is 6.26. The molecule has 0 spiro atoms. The van der Waals surface area contributed by atoms with Crippen molar-refractivity contribution in [2.45, 2.75) is 39.3 Å². The summed E-state index contributed by atoms with van der Waals surface area (Å²) in [5.74, 6) is 2.48. The summed E-state index contributed by atoms with van der Waals surface area (Å²) in [6.45, 7) is 6.93. The molecule has 3 heteroatoms. The van der Waals surface area contributed by atoms with E-state index in [2.05, 4.69) is 50.0 Å². The monoisotopic (exact) mass is 283 g/mol. The summed E-state index contributed by atoms with van der Waals surface area (Å²) in [6, 6.07) is 8.99. The van der Waals surface area contributed by atoms with E-state index in [4.69, 9.17) is 11.6 Å². The number of benzene rings is 1. The fourth-order valence-electron chi connectivity index (χ4n) is 2.43. The number of hydrogen-bond donors (Lipinski definition) is 1. The van der Waals surface area contributed by atoms with Gasteiger partial charge in [0.2, 0.25) is 0 Å². The van der Waals surface area contributed by atoms with Crippen molar-refractivity contribution in [2.24, 2.45) is 5.41 Å². The van der Waals surface area contributed by atoms with Crippen molar-refractivity contribution in [3.63, 3.8) is 0 Å². The van der Waals surface area contributed by atoms with Gasteiger partial charge in [0.05, 0.1) is 0 Å². The van der Waals surface area contributed by atoms with Crippen LogP contribution in [0.15, 0.2) is 24.3 Å². The predicted octanol–water partition coefficient (Wildman–Crippen LogP) is 4.52. The second-order valence-corrected chi connectivity index (χ2v) is 7.33. The highest BCUT2D eigenvalue weighted by Crippen LogP contribution is 2.35. The topological polar surface area (TPSA) is 12.0 Å². The molecule has 0 amide bonds. The van der Waals surface area contributed by atoms with Gasteiger partial charge in [-0.15, -0.1) is 0 Å². The number of rotatable bonds is 3. The first-order chi connectivity index (χ1) is 8.50. The lowest BCUT2D eigenvalue weighted by atomic mass is 9.81. The molecule has 2 atom stereocenters. The highest BCUT2D eigenvalue weighted by atomic mass is 35.5. The first kappa shape index (κ1) is 14.2. The standard InChI is InChI=1S/C15H22ClNS/c1-11(12-6-4-5-7-13(12)16)17-14-10-18-9-8-15(14,2)3/h4-7,11,14,17H,8-10H2,1-3H3/t11-,14?/m0/s1. The Morgan fingerprint density at radius 1 is 1.39 bits per heavy atom. The second kappa shape index (κ2) is 5.85. The van der Waals surface area contributed by atoms with Crippen LogP contribution in [-0.4, -0.2) is 17.5 Å². The van der Waals surface area contributed by atoms with Gasteiger partial charge in [-0.05, 0) is 36.1 Å². The molecule has 0 aliphatic carbocycles. The van der Waals surface area contributed by atoms with Gasteiger partial charge in [-0.3, -0.25) is 0 Å². The maximum Gasteiger partial charge on any atom is 0.0453 e. The van der Waals surface area contributed by atoms with Crippen LogP contribution < -0.4 is 5.32 Å². The van der Waals surface area contributed by atoms with Gasteiger partial charge in [0.1, 0.15) is 0 Å². The van der Waals surface area contributed by atoms with E-state index in [9.17, 15) is 0 Å². The molecule has 0 aromatic heterocycles. The molecule has 1 heterocycles. The zero-order chi connectivity index (χ0) is 13.2. The summed E-state index contributed by atoms with van der Waals surface area (Å²) < 4.78 is 0. The number of hydrogen-bond acceptors (Lipinski definition) is 2. The Labute approximate surface area is 120 Å². The lowest BCUT2D eigenvalue weighted by Crippen LogP contribution is -2.47. The van der Waals surface area contributed by atoms with E-state index in [0.29, 0.717) is 17.5 Å². The van der Waals surface area contributed by atoms with Gasteiger partial charge >= 0.3 is 0 Å². The van der Waals surface area contributed by atoms with Crippen molar-refractivity contribution in [1.82, 2.24) is 5.32 Å². The second-order valence-electron chi connectivity index (χ2n) is 5.78. The minimum atomic E-state index is 0.307. The minimum absolute atomic E-state index is 0.307. The first-order valence-electron chi connectivity index (χ1n) is 6.59. The Morgan fingerprint density at radius 2 is 2.11 bits per heavy atom. The quantitative estimate of drug-likeness (QED) is 0.875. The fraction of sp³-hybridized carbons (Fsp3) is 0.600. The van der Waals surface area contributed by atoms with Crippen molar-refractivity contribution in [3.05, 3.63) is 34.9 Å². The van der Waals surface area contributed by atoms with E-state index in [1.807, 2.05) is 12.1 Å². The van der Waals surface area contributed by atoms with Crippen LogP contribution in [0.2, 0.25) is 5.02 Å². The van der Waals surface area contributed by atoms with E-state index in [1.165, 1.54) is 23.5 Å². The van der Waals surface area contributed by atoms with Crippen LogP contribution in [0.4, 0.5) is 0 Å². The lowest BCUT2D eigenvalue weighted by Gasteiger charge is -2.40. The average molecular weight is 284 g/mol. The molecular weight excluding hydrogens is 262 g/mol. The zero-order valence-corrected chi connectivity index (χ0v) is 12.9. The Hall–Kier alpha value is -0.180. The molecule has 0 radical (unpaired) electrons. The van der Waals surface area contributed by atoms with E-state index in [0.717, 1.165) is 5.02 Å². The number of halogens is 1. The molecule has 18 heavy (non-hydrogen) atoms. The van der Waals surface area contributed by atoms with Crippen molar-refractivity contribution >= 4 is 23.4 Å². The van der Waals surface area contributed by atoms with E-state index in [1.54, 1.807) is 0 Å². The molecule has 1 aliphatic heterocycles. The van der Waals surface area contributed by atoms with Gasteiger partial charge in [-0.1, -0.05) is 43.6 Å². The summed E-state index contributed by atoms with van der Waals surface area (Å²) in [5, 5.41) is 4.62. The smallest absolute Gasteiger partial charge is 0.0453 e. The summed E-state index contributed by atoms with van der Waals surface area (Å²) >= 11 is 8.31. The van der Waals surface area contributed by atoms with Crippen LogP contribution in [-0.2, 0) is 0 Å². The summed E-state index contributed by atoms with van der Waals surface area (Å²) in [5.41, 5.74) is 1.58. The number of nitrogens with one attached hydrogen (secondary N) is 1. The third-order valence-corrected chi connectivity index (χ3v) is 5.35. The third kappa shape index (κ3) is 3.23. The first-order valence-corrected chi connectivity index (χ1v) is 8.12. The molecule has 1 nitrogen and oxygen atoms in total. The van der Waals surface area contributed by atoms with Gasteiger partial charge in [0, 0.05) is 22.9 Å². The normalized spacial score (nSPS) is 24.8. The fourth-order valence-corrected chi connectivity index (χ4v) is 4.35. The van der Waals surface area contributed by atoms with Gasteiger partial charge in [0.25, 0.3) is 0 Å². The Kier molecular flexibility index (Phi) is 4.63. The molecule has 1 aromatic rings. The summed E-state index contributed by atoms with van der Waals surface area (Å²) in [4.78, 5) is 0. The average Bonchev–Trinajstić information content (AvgIpc) is 2.32. The predicted molar refractivity (Wildman–Crippen MR) is 82.5 cm³/mol. The van der Waals surface area contributed by atoms with Crippen LogP contribution in [0.1, 0.15) is 38.8 Å². The summed E-state index contributed by atoms with van der Waals surface area (Å²) in [7, 11) is 0.